The summed E-state index contributed by atoms with van der Waals surface area (Å²) in [6, 6.07) is 0. The van der Waals surface area contributed by atoms with Crippen molar-refractivity contribution < 1.29 is 9.90 Å². The van der Waals surface area contributed by atoms with Gasteiger partial charge in [0.2, 0.25) is 0 Å². The van der Waals surface area contributed by atoms with Crippen molar-refractivity contribution in [2.24, 2.45) is 0 Å². The van der Waals surface area contributed by atoms with E-state index >= 15 is 0 Å². The topological polar surface area (TPSA) is 58.4 Å². The van der Waals surface area contributed by atoms with Crippen molar-refractivity contribution in [1.29, 1.82) is 0 Å². The molecule has 0 saturated heterocycles. The monoisotopic (exact) mass is 181 g/mol. The number of imidazole rings is 1. The highest BCUT2D eigenvalue weighted by Crippen LogP contribution is 1.92. The van der Waals surface area contributed by atoms with Crippen LogP contribution in [0.5, 0.6) is 0 Å². The number of carbonyl (C=O) groups is 1. The predicted molar refractivity (Wildman–Crippen MR) is 48.1 cm³/mol. The summed E-state index contributed by atoms with van der Waals surface area (Å²) >= 11 is 0. The van der Waals surface area contributed by atoms with Crippen LogP contribution in [0.3, 0.4) is 0 Å². The van der Waals surface area contributed by atoms with Crippen LogP contribution in [0.2, 0.25) is 0 Å². The molecule has 1 aromatic heterocycles. The highest BCUT2D eigenvalue weighted by Gasteiger charge is 2.10. The zero-order chi connectivity index (χ0) is 9.68. The maximum Gasteiger partial charge on any atom is 0.426 e. The van der Waals surface area contributed by atoms with Crippen molar-refractivity contribution in [3.63, 3.8) is 0 Å². The molecule has 1 amide bonds. The van der Waals surface area contributed by atoms with Crippen LogP contribution in [0.4, 0.5) is 4.79 Å². The molecule has 5 nitrogen and oxygen atoms in total. The Morgan fingerprint density at radius 2 is 2.54 bits per heavy atom. The molecule has 0 aliphatic heterocycles. The van der Waals surface area contributed by atoms with Gasteiger partial charge in [0.25, 0.3) is 0 Å². The van der Waals surface area contributed by atoms with Crippen LogP contribution in [-0.2, 0) is 0 Å². The number of rotatable bonds is 3. The van der Waals surface area contributed by atoms with Crippen molar-refractivity contribution >= 4 is 6.09 Å². The minimum atomic E-state index is -1.00. The van der Waals surface area contributed by atoms with Gasteiger partial charge in [-0.3, -0.25) is 0 Å². The van der Waals surface area contributed by atoms with Gasteiger partial charge < -0.3 is 5.11 Å². The Bertz CT molecular complexity index is 292. The van der Waals surface area contributed by atoms with E-state index in [2.05, 4.69) is 4.98 Å². The third kappa shape index (κ3) is 2.33. The second kappa shape index (κ2) is 4.30. The number of hydrogen-bond donors (Lipinski definition) is 1. The largest absolute Gasteiger partial charge is 0.464 e. The molecule has 0 radical (unpaired) electrons. The van der Waals surface area contributed by atoms with Crippen LogP contribution >= 0.6 is 0 Å². The van der Waals surface area contributed by atoms with Gasteiger partial charge in [-0.25, -0.2) is 19.5 Å². The van der Waals surface area contributed by atoms with Gasteiger partial charge >= 0.3 is 6.09 Å². The first-order valence-electron chi connectivity index (χ1n) is 3.85. The molecule has 13 heavy (non-hydrogen) atoms. The average Bonchev–Trinajstić information content (AvgIpc) is 2.57. The summed E-state index contributed by atoms with van der Waals surface area (Å²) in [5.74, 6) is 0. The Labute approximate surface area is 75.9 Å². The molecule has 1 heterocycles. The zero-order valence-electron chi connectivity index (χ0n) is 7.29. The van der Waals surface area contributed by atoms with E-state index in [1.54, 1.807) is 18.3 Å². The smallest absolute Gasteiger partial charge is 0.426 e. The number of aromatic nitrogens is 2. The van der Waals surface area contributed by atoms with E-state index < -0.39 is 6.09 Å². The molecule has 0 aliphatic carbocycles. The second-order valence-electron chi connectivity index (χ2n) is 2.38. The number of carboxylic acid groups (broad SMARTS) is 1. The highest BCUT2D eigenvalue weighted by atomic mass is 16.4. The quantitative estimate of drug-likeness (QED) is 0.710. The number of allylic oxidation sites excluding steroid dienone is 1. The van der Waals surface area contributed by atoms with E-state index in [0.29, 0.717) is 6.54 Å². The van der Waals surface area contributed by atoms with Gasteiger partial charge in [-0.15, -0.1) is 0 Å². The Kier molecular flexibility index (Phi) is 3.08. The van der Waals surface area contributed by atoms with E-state index in [1.165, 1.54) is 17.2 Å². The second-order valence-corrected chi connectivity index (χ2v) is 2.38. The Morgan fingerprint density at radius 3 is 3.00 bits per heavy atom. The lowest BCUT2D eigenvalue weighted by molar-refractivity contribution is 0.195. The fourth-order valence-corrected chi connectivity index (χ4v) is 0.871. The predicted octanol–water partition coefficient (Wildman–Crippen LogP) is 1.08. The Hall–Kier alpha value is -1.78. The Morgan fingerprint density at radius 1 is 1.77 bits per heavy atom. The fraction of sp³-hybridized carbons (Fsp3) is 0.250. The summed E-state index contributed by atoms with van der Waals surface area (Å²) in [7, 11) is 0. The average molecular weight is 181 g/mol. The molecule has 0 aromatic carbocycles. The van der Waals surface area contributed by atoms with Crippen LogP contribution in [0.15, 0.2) is 30.9 Å². The van der Waals surface area contributed by atoms with E-state index in [4.69, 9.17) is 5.11 Å². The van der Waals surface area contributed by atoms with Gasteiger partial charge in [0.1, 0.15) is 6.33 Å². The van der Waals surface area contributed by atoms with E-state index in [1.807, 2.05) is 6.92 Å². The molecule has 0 unspecified atom stereocenters. The first-order valence-corrected chi connectivity index (χ1v) is 3.85. The molecule has 0 aliphatic rings. The fourth-order valence-electron chi connectivity index (χ4n) is 0.871. The molecule has 1 N–H and O–H groups in total. The van der Waals surface area contributed by atoms with Crippen molar-refractivity contribution in [2.45, 2.75) is 6.92 Å². The van der Waals surface area contributed by atoms with Gasteiger partial charge in [0.05, 0.1) is 6.54 Å². The zero-order valence-corrected chi connectivity index (χ0v) is 7.29. The van der Waals surface area contributed by atoms with E-state index in [9.17, 15) is 4.79 Å². The standard InChI is InChI=1S/C8H11N3O2/c1-2-3-5-11(8(12)13)10-6-4-9-7-10/h2-4,6-7H,5H2,1H3,(H,12,13)/b3-2+. The van der Waals surface area contributed by atoms with Gasteiger partial charge in [-0.2, -0.15) is 0 Å². The van der Waals surface area contributed by atoms with Crippen molar-refractivity contribution in [3.8, 4) is 0 Å². The van der Waals surface area contributed by atoms with Crippen molar-refractivity contribution in [2.75, 3.05) is 11.6 Å². The summed E-state index contributed by atoms with van der Waals surface area (Å²) in [4.78, 5) is 14.5. The molecule has 5 heteroatoms. The maximum absolute atomic E-state index is 10.7. The normalized spacial score (nSPS) is 10.5. The molecule has 0 fully saturated rings. The van der Waals surface area contributed by atoms with Gasteiger partial charge in [-0.05, 0) is 6.92 Å². The molecule has 0 bridgehead atoms. The number of amides is 1. The van der Waals surface area contributed by atoms with Gasteiger partial charge in [-0.1, -0.05) is 12.2 Å². The Balaban J connectivity index is 2.74. The SMILES string of the molecule is C/C=C/CN(C(=O)O)n1ccnc1. The van der Waals surface area contributed by atoms with Crippen molar-refractivity contribution in [1.82, 2.24) is 9.66 Å². The molecule has 1 rings (SSSR count). The highest BCUT2D eigenvalue weighted by molar-refractivity contribution is 5.76. The van der Waals surface area contributed by atoms with Crippen LogP contribution in [0.25, 0.3) is 0 Å². The molecule has 1 aromatic rings. The van der Waals surface area contributed by atoms with Crippen LogP contribution in [-0.4, -0.2) is 27.4 Å². The minimum absolute atomic E-state index is 0.322. The van der Waals surface area contributed by atoms with Crippen LogP contribution in [0.1, 0.15) is 6.92 Å². The van der Waals surface area contributed by atoms with Crippen LogP contribution < -0.4 is 5.01 Å². The number of hydrogen-bond acceptors (Lipinski definition) is 2. The van der Waals surface area contributed by atoms with Crippen molar-refractivity contribution in [3.05, 3.63) is 30.9 Å². The lowest BCUT2D eigenvalue weighted by atomic mass is 10.5. The summed E-state index contributed by atoms with van der Waals surface area (Å²) in [5.41, 5.74) is 0. The minimum Gasteiger partial charge on any atom is -0.464 e. The van der Waals surface area contributed by atoms with Gasteiger partial charge in [0, 0.05) is 12.4 Å². The third-order valence-corrected chi connectivity index (χ3v) is 1.50. The third-order valence-electron chi connectivity index (χ3n) is 1.50. The van der Waals surface area contributed by atoms with Gasteiger partial charge in [0.15, 0.2) is 0 Å². The number of nitrogens with zero attached hydrogens (tertiary/aromatic N) is 3. The van der Waals surface area contributed by atoms with Crippen LogP contribution in [0, 0.1) is 0 Å². The molecular formula is C8H11N3O2. The molecule has 0 spiro atoms. The summed E-state index contributed by atoms with van der Waals surface area (Å²) in [6.07, 6.45) is 7.11. The molecule has 0 saturated carbocycles. The summed E-state index contributed by atoms with van der Waals surface area (Å²) < 4.78 is 1.42. The first-order chi connectivity index (χ1) is 6.25. The lowest BCUT2D eigenvalue weighted by Crippen LogP contribution is -2.38. The summed E-state index contributed by atoms with van der Waals surface area (Å²) in [5, 5.41) is 9.96. The molecule has 0 atom stereocenters. The first kappa shape index (κ1) is 9.31. The maximum atomic E-state index is 10.7. The molecular weight excluding hydrogens is 170 g/mol. The summed E-state index contributed by atoms with van der Waals surface area (Å²) in [6.45, 7) is 2.16. The molecule has 70 valence electrons. The lowest BCUT2D eigenvalue weighted by Gasteiger charge is -2.17. The van der Waals surface area contributed by atoms with E-state index in [0.717, 1.165) is 5.01 Å². The van der Waals surface area contributed by atoms with E-state index in [-0.39, 0.29) is 0 Å².